The second kappa shape index (κ2) is 12.1. The standard InChI is InChI=1S/C36H34Br2ClNO5S/c1-35(2)16-27-32(29(41)18-35)31(33-28(17-36(3,4)19-30(33)42)40(27)20-21-8-6-5-7-9-21)25-14-22(37)15-26(38)34(25)45-46(43,44)24-12-10-23(39)11-13-24/h5-15,31H,16-20H2,1-4H3. The number of ketones is 2. The van der Waals surface area contributed by atoms with Crippen LogP contribution < -0.4 is 4.18 Å². The van der Waals surface area contributed by atoms with Crippen molar-refractivity contribution in [2.75, 3.05) is 0 Å². The number of benzene rings is 3. The maximum absolute atomic E-state index is 14.3. The first kappa shape index (κ1) is 33.2. The fraction of sp³-hybridized carbons (Fsp3) is 0.333. The normalized spacial score (nSPS) is 19.7. The van der Waals surface area contributed by atoms with E-state index in [9.17, 15) is 18.0 Å². The summed E-state index contributed by atoms with van der Waals surface area (Å²) in [5, 5.41) is 0.392. The zero-order valence-electron chi connectivity index (χ0n) is 26.0. The van der Waals surface area contributed by atoms with Gasteiger partial charge in [0, 0.05) is 62.9 Å². The summed E-state index contributed by atoms with van der Waals surface area (Å²) in [4.78, 5) is 30.8. The van der Waals surface area contributed by atoms with Gasteiger partial charge >= 0.3 is 10.1 Å². The molecule has 0 unspecified atom stereocenters. The zero-order valence-corrected chi connectivity index (χ0v) is 30.7. The van der Waals surface area contributed by atoms with Crippen LogP contribution in [-0.4, -0.2) is 24.9 Å². The molecule has 0 spiro atoms. The van der Waals surface area contributed by atoms with Crippen molar-refractivity contribution in [3.8, 4) is 5.75 Å². The number of hydrogen-bond donors (Lipinski definition) is 0. The zero-order chi connectivity index (χ0) is 33.2. The van der Waals surface area contributed by atoms with Crippen LogP contribution in [0.2, 0.25) is 5.02 Å². The first-order valence-corrected chi connectivity index (χ1v) is 18.5. The SMILES string of the molecule is CC1(C)CC(=O)C2=C(C1)N(Cc1ccccc1)C1=C(C(=O)CC(C)(C)C1)C2c1cc(Br)cc(Br)c1OS(=O)(=O)c1ccc(Cl)cc1. The van der Waals surface area contributed by atoms with Crippen molar-refractivity contribution >= 4 is 65.1 Å². The molecule has 3 aromatic carbocycles. The van der Waals surface area contributed by atoms with Crippen LogP contribution in [0.3, 0.4) is 0 Å². The number of allylic oxidation sites excluding steroid dienone is 4. The molecule has 0 radical (unpaired) electrons. The average Bonchev–Trinajstić information content (AvgIpc) is 2.94. The van der Waals surface area contributed by atoms with Gasteiger partial charge < -0.3 is 9.08 Å². The van der Waals surface area contributed by atoms with E-state index in [1.165, 1.54) is 24.3 Å². The molecule has 6 nitrogen and oxygen atoms in total. The molecule has 0 amide bonds. The predicted molar refractivity (Wildman–Crippen MR) is 186 cm³/mol. The van der Waals surface area contributed by atoms with E-state index in [-0.39, 0.29) is 33.0 Å². The molecule has 0 fully saturated rings. The van der Waals surface area contributed by atoms with Gasteiger partial charge in [-0.05, 0) is 81.6 Å². The van der Waals surface area contributed by atoms with Crippen LogP contribution in [0.1, 0.15) is 70.4 Å². The highest BCUT2D eigenvalue weighted by atomic mass is 79.9. The van der Waals surface area contributed by atoms with Crippen molar-refractivity contribution in [1.82, 2.24) is 4.90 Å². The van der Waals surface area contributed by atoms with Gasteiger partial charge in [0.15, 0.2) is 17.3 Å². The summed E-state index contributed by atoms with van der Waals surface area (Å²) in [7, 11) is -4.32. The first-order chi connectivity index (χ1) is 21.6. The van der Waals surface area contributed by atoms with Crippen molar-refractivity contribution in [2.45, 2.75) is 70.7 Å². The largest absolute Gasteiger partial charge is 0.377 e. The molecule has 0 bridgehead atoms. The van der Waals surface area contributed by atoms with Crippen molar-refractivity contribution in [1.29, 1.82) is 0 Å². The summed E-state index contributed by atoms with van der Waals surface area (Å²) in [6.07, 6.45) is 1.85. The predicted octanol–water partition coefficient (Wildman–Crippen LogP) is 9.52. The highest BCUT2D eigenvalue weighted by Crippen LogP contribution is 2.57. The highest BCUT2D eigenvalue weighted by Gasteiger charge is 2.50. The van der Waals surface area contributed by atoms with Gasteiger partial charge in [0.25, 0.3) is 0 Å². The molecule has 0 saturated heterocycles. The third-order valence-electron chi connectivity index (χ3n) is 8.85. The lowest BCUT2D eigenvalue weighted by molar-refractivity contribution is -0.119. The summed E-state index contributed by atoms with van der Waals surface area (Å²) in [5.41, 5.74) is 3.69. The van der Waals surface area contributed by atoms with E-state index in [4.69, 9.17) is 15.8 Å². The molecular weight excluding hydrogens is 754 g/mol. The van der Waals surface area contributed by atoms with E-state index in [2.05, 4.69) is 76.6 Å². The Morgan fingerprint density at radius 1 is 0.826 bits per heavy atom. The number of rotatable bonds is 6. The molecule has 6 rings (SSSR count). The van der Waals surface area contributed by atoms with Crippen molar-refractivity contribution < 1.29 is 22.2 Å². The molecule has 10 heteroatoms. The Kier molecular flexibility index (Phi) is 8.70. The molecule has 1 aliphatic heterocycles. The van der Waals surface area contributed by atoms with Gasteiger partial charge in [-0.3, -0.25) is 9.59 Å². The monoisotopic (exact) mass is 785 g/mol. The van der Waals surface area contributed by atoms with E-state index in [1.54, 1.807) is 12.1 Å². The molecule has 1 heterocycles. The van der Waals surface area contributed by atoms with Crippen LogP contribution in [0.4, 0.5) is 0 Å². The maximum Gasteiger partial charge on any atom is 0.339 e. The Balaban J connectivity index is 1.61. The minimum atomic E-state index is -4.32. The molecule has 0 atom stereocenters. The topological polar surface area (TPSA) is 80.8 Å². The van der Waals surface area contributed by atoms with Gasteiger partial charge in [0.2, 0.25) is 0 Å². The van der Waals surface area contributed by atoms with Crippen molar-refractivity contribution in [3.05, 3.63) is 114 Å². The third kappa shape index (κ3) is 6.40. The van der Waals surface area contributed by atoms with Crippen LogP contribution in [0, 0.1) is 10.8 Å². The average molecular weight is 788 g/mol. The highest BCUT2D eigenvalue weighted by molar-refractivity contribution is 9.11. The Morgan fingerprint density at radius 3 is 1.91 bits per heavy atom. The Bertz CT molecular complexity index is 1880. The number of nitrogens with zero attached hydrogens (tertiary/aromatic N) is 1. The van der Waals surface area contributed by atoms with Crippen LogP contribution >= 0.6 is 43.5 Å². The molecule has 240 valence electrons. The maximum atomic E-state index is 14.3. The quantitative estimate of drug-likeness (QED) is 0.232. The molecule has 2 aliphatic carbocycles. The third-order valence-corrected chi connectivity index (χ3v) is 11.4. The van der Waals surface area contributed by atoms with Gasteiger partial charge in [0.1, 0.15) is 4.90 Å². The van der Waals surface area contributed by atoms with Gasteiger partial charge in [-0.2, -0.15) is 8.42 Å². The second-order valence-corrected chi connectivity index (χ2v) is 17.7. The van der Waals surface area contributed by atoms with Crippen molar-refractivity contribution in [3.63, 3.8) is 0 Å². The van der Waals surface area contributed by atoms with E-state index in [0.29, 0.717) is 62.9 Å². The van der Waals surface area contributed by atoms with Crippen LogP contribution in [0.15, 0.2) is 103 Å². The second-order valence-electron chi connectivity index (χ2n) is 13.9. The summed E-state index contributed by atoms with van der Waals surface area (Å²) in [5.74, 6) is -0.885. The molecule has 0 saturated carbocycles. The lowest BCUT2D eigenvalue weighted by Gasteiger charge is -2.49. The summed E-state index contributed by atoms with van der Waals surface area (Å²) in [6, 6.07) is 19.2. The molecule has 3 aliphatic rings. The molecule has 0 aromatic heterocycles. The Labute approximate surface area is 292 Å². The Morgan fingerprint density at radius 2 is 1.37 bits per heavy atom. The van der Waals surface area contributed by atoms with Gasteiger partial charge in [-0.15, -0.1) is 0 Å². The lowest BCUT2D eigenvalue weighted by Crippen LogP contribution is -2.44. The number of halogens is 3. The van der Waals surface area contributed by atoms with Crippen molar-refractivity contribution in [2.24, 2.45) is 10.8 Å². The van der Waals surface area contributed by atoms with Crippen LogP contribution in [0.25, 0.3) is 0 Å². The van der Waals surface area contributed by atoms with Crippen LogP contribution in [-0.2, 0) is 26.3 Å². The number of hydrogen-bond acceptors (Lipinski definition) is 6. The summed E-state index contributed by atoms with van der Waals surface area (Å²) in [6.45, 7) is 8.87. The van der Waals surface area contributed by atoms with Gasteiger partial charge in [-0.1, -0.05) is 85.6 Å². The number of carbonyl (C=O) groups is 2. The smallest absolute Gasteiger partial charge is 0.339 e. The molecule has 0 N–H and O–H groups in total. The van der Waals surface area contributed by atoms with Gasteiger partial charge in [-0.25, -0.2) is 0 Å². The molecule has 46 heavy (non-hydrogen) atoms. The van der Waals surface area contributed by atoms with E-state index < -0.39 is 16.0 Å². The number of carbonyl (C=O) groups excluding carboxylic acids is 2. The van der Waals surface area contributed by atoms with Gasteiger partial charge in [0.05, 0.1) is 4.47 Å². The fourth-order valence-electron chi connectivity index (χ4n) is 6.96. The summed E-state index contributed by atoms with van der Waals surface area (Å²) >= 11 is 13.2. The molecule has 3 aromatic rings. The fourth-order valence-corrected chi connectivity index (χ4v) is 9.50. The first-order valence-electron chi connectivity index (χ1n) is 15.1. The minimum Gasteiger partial charge on any atom is -0.377 e. The summed E-state index contributed by atoms with van der Waals surface area (Å²) < 4.78 is 34.2. The molecular formula is C36H34Br2ClNO5S. The number of Topliss-reactive ketones (excluding diaryl/α,β-unsaturated/α-hetero) is 2. The van der Waals surface area contributed by atoms with E-state index in [0.717, 1.165) is 17.0 Å². The lowest BCUT2D eigenvalue weighted by atomic mass is 9.63. The van der Waals surface area contributed by atoms with Crippen LogP contribution in [0.5, 0.6) is 5.75 Å². The minimum absolute atomic E-state index is 0.0358. The van der Waals surface area contributed by atoms with E-state index in [1.807, 2.05) is 18.2 Å². The van der Waals surface area contributed by atoms with E-state index >= 15 is 0 Å². The Hall–Kier alpha value is -2.72.